The second kappa shape index (κ2) is 6.96. The van der Waals surface area contributed by atoms with Crippen LogP contribution < -0.4 is 5.73 Å². The van der Waals surface area contributed by atoms with Crippen molar-refractivity contribution in [1.82, 2.24) is 4.90 Å². The highest BCUT2D eigenvalue weighted by molar-refractivity contribution is 5.21. The van der Waals surface area contributed by atoms with Crippen molar-refractivity contribution >= 4 is 0 Å². The number of nitrogens with two attached hydrogens (primary N) is 1. The molecule has 1 unspecified atom stereocenters. The van der Waals surface area contributed by atoms with Crippen LogP contribution in [0, 0.1) is 17.6 Å². The lowest BCUT2D eigenvalue weighted by Gasteiger charge is -2.30. The Morgan fingerprint density at radius 3 is 2.16 bits per heavy atom. The molecular formula is C15H24F2N2. The van der Waals surface area contributed by atoms with E-state index in [1.54, 1.807) is 6.07 Å². The third-order valence-electron chi connectivity index (χ3n) is 3.13. The molecule has 0 heterocycles. The van der Waals surface area contributed by atoms with Crippen molar-refractivity contribution in [3.05, 3.63) is 35.4 Å². The Bertz CT molecular complexity index is 405. The molecule has 1 aromatic carbocycles. The van der Waals surface area contributed by atoms with Gasteiger partial charge in [0.1, 0.15) is 0 Å². The van der Waals surface area contributed by atoms with Gasteiger partial charge in [0, 0.05) is 25.2 Å². The zero-order valence-corrected chi connectivity index (χ0v) is 12.2. The van der Waals surface area contributed by atoms with Gasteiger partial charge >= 0.3 is 0 Å². The lowest BCUT2D eigenvalue weighted by Crippen LogP contribution is -2.39. The van der Waals surface area contributed by atoms with Crippen LogP contribution in [0.5, 0.6) is 0 Å². The summed E-state index contributed by atoms with van der Waals surface area (Å²) in [7, 11) is 0. The van der Waals surface area contributed by atoms with Crippen LogP contribution in [0.4, 0.5) is 8.78 Å². The number of hydrogen-bond acceptors (Lipinski definition) is 2. The Kier molecular flexibility index (Phi) is 5.88. The Hall–Kier alpha value is -1.00. The van der Waals surface area contributed by atoms with Crippen LogP contribution in [0.1, 0.15) is 39.3 Å². The molecular weight excluding hydrogens is 246 g/mol. The van der Waals surface area contributed by atoms with E-state index in [9.17, 15) is 8.78 Å². The molecule has 0 saturated carbocycles. The summed E-state index contributed by atoms with van der Waals surface area (Å²) >= 11 is 0. The highest BCUT2D eigenvalue weighted by Crippen LogP contribution is 2.17. The minimum atomic E-state index is -0.840. The van der Waals surface area contributed by atoms with Crippen molar-refractivity contribution < 1.29 is 8.78 Å². The Morgan fingerprint density at radius 1 is 1.05 bits per heavy atom. The zero-order chi connectivity index (χ0) is 14.6. The highest BCUT2D eigenvalue weighted by Gasteiger charge is 2.17. The molecule has 0 fully saturated rings. The van der Waals surface area contributed by atoms with Crippen LogP contribution in [0.25, 0.3) is 0 Å². The van der Waals surface area contributed by atoms with Gasteiger partial charge in [-0.3, -0.25) is 4.90 Å². The minimum Gasteiger partial charge on any atom is -0.323 e. The van der Waals surface area contributed by atoms with E-state index in [0.717, 1.165) is 12.6 Å². The van der Waals surface area contributed by atoms with Gasteiger partial charge in [-0.1, -0.05) is 19.9 Å². The fourth-order valence-corrected chi connectivity index (χ4v) is 2.07. The maximum absolute atomic E-state index is 13.2. The van der Waals surface area contributed by atoms with Gasteiger partial charge in [0.25, 0.3) is 0 Å². The van der Waals surface area contributed by atoms with Crippen molar-refractivity contribution in [2.75, 3.05) is 13.1 Å². The molecule has 1 atom stereocenters. The third-order valence-corrected chi connectivity index (χ3v) is 3.13. The molecule has 0 radical (unpaired) electrons. The van der Waals surface area contributed by atoms with E-state index >= 15 is 0 Å². The number of hydrogen-bond donors (Lipinski definition) is 1. The maximum Gasteiger partial charge on any atom is 0.159 e. The first-order chi connectivity index (χ1) is 8.81. The second-order valence-corrected chi connectivity index (χ2v) is 5.72. The van der Waals surface area contributed by atoms with Gasteiger partial charge in [-0.05, 0) is 37.5 Å². The molecule has 0 aliphatic heterocycles. The average Bonchev–Trinajstić information content (AvgIpc) is 2.31. The van der Waals surface area contributed by atoms with Crippen LogP contribution >= 0.6 is 0 Å². The molecule has 0 saturated heterocycles. The number of rotatable bonds is 6. The summed E-state index contributed by atoms with van der Waals surface area (Å²) < 4.78 is 26.1. The number of nitrogens with zero attached hydrogens (tertiary/aromatic N) is 1. The number of benzene rings is 1. The average molecular weight is 270 g/mol. The Morgan fingerprint density at radius 2 is 1.68 bits per heavy atom. The van der Waals surface area contributed by atoms with Gasteiger partial charge in [0.05, 0.1) is 0 Å². The van der Waals surface area contributed by atoms with Gasteiger partial charge in [0.15, 0.2) is 11.6 Å². The second-order valence-electron chi connectivity index (χ2n) is 5.72. The lowest BCUT2D eigenvalue weighted by atomic mass is 10.1. The molecule has 1 rings (SSSR count). The summed E-state index contributed by atoms with van der Waals surface area (Å²) in [6.07, 6.45) is 0. The van der Waals surface area contributed by atoms with E-state index in [0.29, 0.717) is 24.1 Å². The molecule has 0 aromatic heterocycles. The van der Waals surface area contributed by atoms with Gasteiger partial charge < -0.3 is 5.73 Å². The van der Waals surface area contributed by atoms with Crippen LogP contribution in [-0.4, -0.2) is 24.0 Å². The van der Waals surface area contributed by atoms with Crippen LogP contribution in [0.3, 0.4) is 0 Å². The van der Waals surface area contributed by atoms with Crippen LogP contribution in [0.15, 0.2) is 18.2 Å². The van der Waals surface area contributed by atoms with Crippen molar-refractivity contribution in [2.45, 2.75) is 39.8 Å². The van der Waals surface area contributed by atoms with E-state index in [1.807, 2.05) is 0 Å². The van der Waals surface area contributed by atoms with E-state index in [1.165, 1.54) is 6.07 Å². The van der Waals surface area contributed by atoms with Crippen molar-refractivity contribution in [1.29, 1.82) is 0 Å². The van der Waals surface area contributed by atoms with E-state index in [-0.39, 0.29) is 6.04 Å². The summed E-state index contributed by atoms with van der Waals surface area (Å²) in [5, 5.41) is 0. The van der Waals surface area contributed by atoms with Gasteiger partial charge in [-0.2, -0.15) is 0 Å². The maximum atomic E-state index is 13.2. The fraction of sp³-hybridized carbons (Fsp3) is 0.600. The lowest BCUT2D eigenvalue weighted by molar-refractivity contribution is 0.186. The molecule has 19 heavy (non-hydrogen) atoms. The monoisotopic (exact) mass is 270 g/mol. The van der Waals surface area contributed by atoms with E-state index < -0.39 is 11.6 Å². The molecule has 2 N–H and O–H groups in total. The van der Waals surface area contributed by atoms with E-state index in [4.69, 9.17) is 5.73 Å². The molecule has 4 heteroatoms. The molecule has 108 valence electrons. The standard InChI is InChI=1S/C15H24F2N2/c1-10(2)8-19(11(3)4)9-15(18)12-5-6-13(16)14(17)7-12/h5-7,10-11,15H,8-9,18H2,1-4H3. The van der Waals surface area contributed by atoms with Gasteiger partial charge in [0.2, 0.25) is 0 Å². The molecule has 1 aromatic rings. The first kappa shape index (κ1) is 16.1. The summed E-state index contributed by atoms with van der Waals surface area (Å²) in [5.41, 5.74) is 6.73. The van der Waals surface area contributed by atoms with Crippen molar-refractivity contribution in [2.24, 2.45) is 11.7 Å². The largest absolute Gasteiger partial charge is 0.323 e. The van der Waals surface area contributed by atoms with Gasteiger partial charge in [-0.25, -0.2) is 8.78 Å². The predicted octanol–water partition coefficient (Wildman–Crippen LogP) is 3.33. The molecule has 0 amide bonds. The quantitative estimate of drug-likeness (QED) is 0.859. The summed E-state index contributed by atoms with van der Waals surface area (Å²) in [4.78, 5) is 2.26. The normalized spacial score (nSPS) is 13.6. The van der Waals surface area contributed by atoms with E-state index in [2.05, 4.69) is 32.6 Å². The zero-order valence-electron chi connectivity index (χ0n) is 12.2. The van der Waals surface area contributed by atoms with Crippen LogP contribution in [0.2, 0.25) is 0 Å². The summed E-state index contributed by atoms with van der Waals surface area (Å²) in [6.45, 7) is 10.1. The summed E-state index contributed by atoms with van der Waals surface area (Å²) in [5.74, 6) is -1.13. The fourth-order valence-electron chi connectivity index (χ4n) is 2.07. The van der Waals surface area contributed by atoms with Crippen molar-refractivity contribution in [3.8, 4) is 0 Å². The first-order valence-electron chi connectivity index (χ1n) is 6.75. The van der Waals surface area contributed by atoms with Crippen LogP contribution in [-0.2, 0) is 0 Å². The molecule has 0 spiro atoms. The minimum absolute atomic E-state index is 0.309. The Balaban J connectivity index is 2.75. The molecule has 2 nitrogen and oxygen atoms in total. The predicted molar refractivity (Wildman–Crippen MR) is 74.8 cm³/mol. The SMILES string of the molecule is CC(C)CN(CC(N)c1ccc(F)c(F)c1)C(C)C. The smallest absolute Gasteiger partial charge is 0.159 e. The van der Waals surface area contributed by atoms with Gasteiger partial charge in [-0.15, -0.1) is 0 Å². The number of halogens is 2. The molecule has 0 bridgehead atoms. The third kappa shape index (κ3) is 4.88. The van der Waals surface area contributed by atoms with Crippen molar-refractivity contribution in [3.63, 3.8) is 0 Å². The molecule has 0 aliphatic rings. The first-order valence-corrected chi connectivity index (χ1v) is 6.75. The summed E-state index contributed by atoms with van der Waals surface area (Å²) in [6, 6.07) is 3.94. The molecule has 0 aliphatic carbocycles. The highest BCUT2D eigenvalue weighted by atomic mass is 19.2. The topological polar surface area (TPSA) is 29.3 Å². The Labute approximate surface area is 114 Å².